The van der Waals surface area contributed by atoms with E-state index in [9.17, 15) is 4.79 Å². The van der Waals surface area contributed by atoms with Crippen LogP contribution in [-0.2, 0) is 17.8 Å². The number of rotatable bonds is 8. The number of thioether (sulfide) groups is 1. The van der Waals surface area contributed by atoms with Crippen molar-refractivity contribution in [3.8, 4) is 17.1 Å². The van der Waals surface area contributed by atoms with Gasteiger partial charge in [0.05, 0.1) is 18.6 Å². The number of aryl methyl sites for hydroxylation is 1. The van der Waals surface area contributed by atoms with Gasteiger partial charge in [-0.3, -0.25) is 14.3 Å². The van der Waals surface area contributed by atoms with E-state index in [1.165, 1.54) is 17.3 Å². The molecular formula is C22H21N5O2S. The van der Waals surface area contributed by atoms with Crippen molar-refractivity contribution in [2.24, 2.45) is 0 Å². The summed E-state index contributed by atoms with van der Waals surface area (Å²) in [6.07, 6.45) is 6.03. The predicted molar refractivity (Wildman–Crippen MR) is 115 cm³/mol. The van der Waals surface area contributed by atoms with E-state index < -0.39 is 0 Å². The number of benzene rings is 1. The molecule has 4 rings (SSSR count). The Labute approximate surface area is 178 Å². The van der Waals surface area contributed by atoms with E-state index in [0.29, 0.717) is 23.3 Å². The summed E-state index contributed by atoms with van der Waals surface area (Å²) in [7, 11) is 0. The smallest absolute Gasteiger partial charge is 0.230 e. The molecule has 3 heterocycles. The van der Waals surface area contributed by atoms with Crippen LogP contribution in [0.1, 0.15) is 18.2 Å². The monoisotopic (exact) mass is 419 g/mol. The van der Waals surface area contributed by atoms with Crippen LogP contribution in [0.25, 0.3) is 17.1 Å². The molecule has 1 aromatic carbocycles. The van der Waals surface area contributed by atoms with Gasteiger partial charge in [0.1, 0.15) is 5.76 Å². The van der Waals surface area contributed by atoms with Gasteiger partial charge in [-0.2, -0.15) is 0 Å². The number of aromatic nitrogens is 4. The molecule has 7 nitrogen and oxygen atoms in total. The van der Waals surface area contributed by atoms with Crippen molar-refractivity contribution in [3.05, 3.63) is 78.5 Å². The van der Waals surface area contributed by atoms with E-state index in [4.69, 9.17) is 4.42 Å². The van der Waals surface area contributed by atoms with Gasteiger partial charge in [-0.05, 0) is 48.4 Å². The highest BCUT2D eigenvalue weighted by atomic mass is 32.2. The summed E-state index contributed by atoms with van der Waals surface area (Å²) in [6.45, 7) is 2.48. The van der Waals surface area contributed by atoms with Crippen LogP contribution >= 0.6 is 11.8 Å². The first-order chi connectivity index (χ1) is 14.7. The van der Waals surface area contributed by atoms with E-state index in [2.05, 4.69) is 39.6 Å². The Balaban J connectivity index is 1.56. The van der Waals surface area contributed by atoms with Gasteiger partial charge in [0, 0.05) is 23.6 Å². The van der Waals surface area contributed by atoms with Crippen LogP contribution in [-0.4, -0.2) is 31.4 Å². The van der Waals surface area contributed by atoms with Crippen LogP contribution in [0.15, 0.2) is 76.8 Å². The second-order valence-electron chi connectivity index (χ2n) is 6.55. The highest BCUT2D eigenvalue weighted by Crippen LogP contribution is 2.27. The van der Waals surface area contributed by atoms with E-state index in [1.807, 2.05) is 34.9 Å². The third kappa shape index (κ3) is 4.60. The molecule has 8 heteroatoms. The largest absolute Gasteiger partial charge is 0.467 e. The lowest BCUT2D eigenvalue weighted by Crippen LogP contribution is -2.24. The molecule has 0 aliphatic rings. The Kier molecular flexibility index (Phi) is 6.24. The summed E-state index contributed by atoms with van der Waals surface area (Å²) in [5.74, 6) is 1.52. The van der Waals surface area contributed by atoms with Gasteiger partial charge in [0.2, 0.25) is 5.91 Å². The summed E-state index contributed by atoms with van der Waals surface area (Å²) in [5, 5.41) is 12.2. The fourth-order valence-corrected chi connectivity index (χ4v) is 3.72. The van der Waals surface area contributed by atoms with Crippen molar-refractivity contribution in [1.29, 1.82) is 0 Å². The Morgan fingerprint density at radius 3 is 2.70 bits per heavy atom. The number of hydrogen-bond acceptors (Lipinski definition) is 6. The molecule has 30 heavy (non-hydrogen) atoms. The van der Waals surface area contributed by atoms with E-state index in [-0.39, 0.29) is 11.7 Å². The molecule has 3 aromatic heterocycles. The van der Waals surface area contributed by atoms with Crippen LogP contribution in [0.3, 0.4) is 0 Å². The Hall–Kier alpha value is -3.39. The predicted octanol–water partition coefficient (Wildman–Crippen LogP) is 3.89. The maximum atomic E-state index is 12.3. The van der Waals surface area contributed by atoms with Crippen LogP contribution in [0.5, 0.6) is 0 Å². The molecule has 1 N–H and O–H groups in total. The average Bonchev–Trinajstić information content (AvgIpc) is 3.47. The number of pyridine rings is 1. The lowest BCUT2D eigenvalue weighted by Gasteiger charge is -2.11. The highest BCUT2D eigenvalue weighted by Gasteiger charge is 2.17. The third-order valence-corrected chi connectivity index (χ3v) is 5.46. The maximum absolute atomic E-state index is 12.3. The molecule has 0 spiro atoms. The van der Waals surface area contributed by atoms with Gasteiger partial charge in [-0.25, -0.2) is 0 Å². The maximum Gasteiger partial charge on any atom is 0.230 e. The molecule has 0 aliphatic carbocycles. The first-order valence-corrected chi connectivity index (χ1v) is 10.6. The van der Waals surface area contributed by atoms with Crippen molar-refractivity contribution in [1.82, 2.24) is 25.1 Å². The molecule has 152 valence electrons. The quantitative estimate of drug-likeness (QED) is 0.436. The molecule has 4 aromatic rings. The van der Waals surface area contributed by atoms with Crippen LogP contribution in [0.4, 0.5) is 0 Å². The molecule has 0 radical (unpaired) electrons. The minimum Gasteiger partial charge on any atom is -0.467 e. The second-order valence-corrected chi connectivity index (χ2v) is 7.49. The van der Waals surface area contributed by atoms with Crippen molar-refractivity contribution in [2.45, 2.75) is 25.0 Å². The first-order valence-electron chi connectivity index (χ1n) is 9.61. The Morgan fingerprint density at radius 1 is 1.13 bits per heavy atom. The molecule has 0 unspecified atom stereocenters. The zero-order valence-corrected chi connectivity index (χ0v) is 17.3. The van der Waals surface area contributed by atoms with Gasteiger partial charge in [0.25, 0.3) is 0 Å². The summed E-state index contributed by atoms with van der Waals surface area (Å²) in [4.78, 5) is 16.5. The van der Waals surface area contributed by atoms with Crippen LogP contribution in [0.2, 0.25) is 0 Å². The number of furan rings is 1. The van der Waals surface area contributed by atoms with E-state index in [1.54, 1.807) is 24.7 Å². The fourth-order valence-electron chi connectivity index (χ4n) is 2.94. The Morgan fingerprint density at radius 2 is 2.00 bits per heavy atom. The second kappa shape index (κ2) is 9.41. The molecule has 0 saturated heterocycles. The van der Waals surface area contributed by atoms with Crippen molar-refractivity contribution < 1.29 is 9.21 Å². The lowest BCUT2D eigenvalue weighted by molar-refractivity contribution is -0.118. The normalized spacial score (nSPS) is 10.8. The third-order valence-electron chi connectivity index (χ3n) is 4.53. The minimum atomic E-state index is -0.102. The molecule has 0 saturated carbocycles. The van der Waals surface area contributed by atoms with E-state index in [0.717, 1.165) is 17.7 Å². The molecule has 0 atom stereocenters. The standard InChI is InChI=1S/C22H21N5O2S/c1-2-16-7-9-18(10-8-16)27-21(17-5-3-11-23-13-17)25-26-22(27)30-15-20(28)24-14-19-6-4-12-29-19/h3-13H,2,14-15H2,1H3,(H,24,28). The summed E-state index contributed by atoms with van der Waals surface area (Å²) in [6, 6.07) is 15.7. The molecule has 0 bridgehead atoms. The topological polar surface area (TPSA) is 85.8 Å². The molecular weight excluding hydrogens is 398 g/mol. The molecule has 0 aliphatic heterocycles. The van der Waals surface area contributed by atoms with Crippen molar-refractivity contribution in [2.75, 3.05) is 5.75 Å². The van der Waals surface area contributed by atoms with Gasteiger partial charge >= 0.3 is 0 Å². The van der Waals surface area contributed by atoms with Crippen LogP contribution < -0.4 is 5.32 Å². The van der Waals surface area contributed by atoms with Gasteiger partial charge < -0.3 is 9.73 Å². The zero-order chi connectivity index (χ0) is 20.8. The number of nitrogens with one attached hydrogen (secondary N) is 1. The number of carbonyl (C=O) groups excluding carboxylic acids is 1. The Bertz CT molecular complexity index is 1090. The number of amides is 1. The lowest BCUT2D eigenvalue weighted by atomic mass is 10.1. The summed E-state index contributed by atoms with van der Waals surface area (Å²) in [5.41, 5.74) is 3.05. The zero-order valence-electron chi connectivity index (χ0n) is 16.5. The van der Waals surface area contributed by atoms with E-state index >= 15 is 0 Å². The van der Waals surface area contributed by atoms with Crippen LogP contribution in [0, 0.1) is 0 Å². The highest BCUT2D eigenvalue weighted by molar-refractivity contribution is 7.99. The number of hydrogen-bond donors (Lipinski definition) is 1. The van der Waals surface area contributed by atoms with Gasteiger partial charge in [-0.1, -0.05) is 30.8 Å². The SMILES string of the molecule is CCc1ccc(-n2c(SCC(=O)NCc3ccco3)nnc2-c2cccnc2)cc1. The average molecular weight is 420 g/mol. The van der Waals surface area contributed by atoms with Crippen molar-refractivity contribution >= 4 is 17.7 Å². The van der Waals surface area contributed by atoms with Crippen molar-refractivity contribution in [3.63, 3.8) is 0 Å². The number of carbonyl (C=O) groups is 1. The summed E-state index contributed by atoms with van der Waals surface area (Å²) >= 11 is 1.34. The van der Waals surface area contributed by atoms with Gasteiger partial charge in [0.15, 0.2) is 11.0 Å². The molecule has 0 fully saturated rings. The molecule has 1 amide bonds. The first kappa shape index (κ1) is 19.9. The summed E-state index contributed by atoms with van der Waals surface area (Å²) < 4.78 is 7.20. The fraction of sp³-hybridized carbons (Fsp3) is 0.182. The van der Waals surface area contributed by atoms with Gasteiger partial charge in [-0.15, -0.1) is 10.2 Å². The minimum absolute atomic E-state index is 0.102. The number of nitrogens with zero attached hydrogens (tertiary/aromatic N) is 4.